The van der Waals surface area contributed by atoms with Gasteiger partial charge in [0.15, 0.2) is 15.6 Å². The summed E-state index contributed by atoms with van der Waals surface area (Å²) in [5.41, 5.74) is 10.4. The van der Waals surface area contributed by atoms with E-state index in [1.54, 1.807) is 24.3 Å². The molecule has 2 aromatic rings. The predicted octanol–water partition coefficient (Wildman–Crippen LogP) is 4.35. The number of non-ortho nitro benzene ring substituents is 1. The Morgan fingerprint density at radius 2 is 1.70 bits per heavy atom. The van der Waals surface area contributed by atoms with Crippen LogP contribution in [0.25, 0.3) is 5.53 Å². The first-order chi connectivity index (χ1) is 20.6. The van der Waals surface area contributed by atoms with E-state index < -0.39 is 20.5 Å². The fraction of sp³-hybridized carbons (Fsp3) is 0.536. The molecule has 1 heterocycles. The molecule has 1 atom stereocenters. The highest BCUT2D eigenvalue weighted by atomic mass is 32.2. The summed E-state index contributed by atoms with van der Waals surface area (Å²) in [6.45, 7) is 2.31. The molecule has 1 N–H and O–H groups in total. The molecule has 1 fully saturated rings. The van der Waals surface area contributed by atoms with Crippen molar-refractivity contribution in [3.63, 3.8) is 0 Å². The van der Waals surface area contributed by atoms with E-state index in [1.165, 1.54) is 6.07 Å². The number of hydrogen-bond donors (Lipinski definition) is 1. The second-order valence-corrected chi connectivity index (χ2v) is 12.0. The van der Waals surface area contributed by atoms with Gasteiger partial charge >= 0.3 is 0 Å². The van der Waals surface area contributed by atoms with E-state index in [4.69, 9.17) is 18.9 Å². The van der Waals surface area contributed by atoms with Crippen molar-refractivity contribution in [2.75, 3.05) is 52.5 Å². The van der Waals surface area contributed by atoms with Crippen LogP contribution in [-0.2, 0) is 35.2 Å². The van der Waals surface area contributed by atoms with Gasteiger partial charge < -0.3 is 29.6 Å². The number of nitrogens with zero attached hydrogens (tertiary/aromatic N) is 5. The monoisotopic (exact) mass is 619 g/mol. The standard InChI is InChI=1S/C28H37N5O9S/c1-43(37,38)27-19-25(33(35)36)8-9-26(27)32-31-24-7-5-6-22(18-24)20-28(34)21-41-13-4-2-3-12-39-16-17-40-14-10-23(30-29)11-15-42-28/h5-9,18-19,34H,2-4,10-17,20-21H2,1H3. The van der Waals surface area contributed by atoms with Crippen LogP contribution in [0.4, 0.5) is 17.1 Å². The minimum absolute atomic E-state index is 0.0328. The number of aliphatic hydroxyl groups is 1. The van der Waals surface area contributed by atoms with Crippen LogP contribution in [0.2, 0.25) is 0 Å². The number of sulfone groups is 1. The van der Waals surface area contributed by atoms with Crippen LogP contribution in [0.3, 0.4) is 0 Å². The Morgan fingerprint density at radius 1 is 0.977 bits per heavy atom. The maximum atomic E-state index is 12.2. The molecular formula is C28H37N5O9S. The Labute approximate surface area is 250 Å². The van der Waals surface area contributed by atoms with E-state index in [0.29, 0.717) is 56.4 Å². The second-order valence-electron chi connectivity index (χ2n) is 10.0. The van der Waals surface area contributed by atoms with Gasteiger partial charge in [0.05, 0.1) is 49.9 Å². The summed E-state index contributed by atoms with van der Waals surface area (Å²) in [6.07, 6.45) is 4.19. The molecule has 1 aliphatic rings. The van der Waals surface area contributed by atoms with Crippen molar-refractivity contribution in [3.05, 3.63) is 63.7 Å². The molecule has 0 saturated carbocycles. The Bertz CT molecular complexity index is 1410. The summed E-state index contributed by atoms with van der Waals surface area (Å²) in [6, 6.07) is 10.1. The SMILES string of the molecule is CS(=O)(=O)c1cc([N+](=O)[O-])ccc1N=Nc1cccc(CC2(O)COCCCCCOCCOCCC(=[N+]=[N-])CCO2)c1. The van der Waals surface area contributed by atoms with E-state index in [9.17, 15) is 29.2 Å². The van der Waals surface area contributed by atoms with Gasteiger partial charge in [0.1, 0.15) is 17.2 Å². The number of hydrogen-bond acceptors (Lipinski definition) is 11. The topological polar surface area (TPSA) is 196 Å². The van der Waals surface area contributed by atoms with E-state index >= 15 is 0 Å². The van der Waals surface area contributed by atoms with Gasteiger partial charge in [-0.1, -0.05) is 12.1 Å². The number of rotatable bonds is 6. The number of azo groups is 1. The van der Waals surface area contributed by atoms with Crippen LogP contribution in [0.15, 0.2) is 57.6 Å². The zero-order valence-electron chi connectivity index (χ0n) is 24.1. The molecule has 0 amide bonds. The fourth-order valence-electron chi connectivity index (χ4n) is 4.21. The van der Waals surface area contributed by atoms with Gasteiger partial charge in [0.25, 0.3) is 11.4 Å². The quantitative estimate of drug-likeness (QED) is 0.212. The Hall–Kier alpha value is -3.43. The minimum Gasteiger partial charge on any atom is -0.379 e. The molecule has 0 spiro atoms. The van der Waals surface area contributed by atoms with Crippen LogP contribution in [0.1, 0.15) is 37.7 Å². The van der Waals surface area contributed by atoms with E-state index in [0.717, 1.165) is 37.7 Å². The molecular weight excluding hydrogens is 582 g/mol. The highest BCUT2D eigenvalue weighted by Crippen LogP contribution is 2.30. The number of nitro groups is 1. The average Bonchev–Trinajstić information content (AvgIpc) is 2.96. The van der Waals surface area contributed by atoms with Gasteiger partial charge in [-0.25, -0.2) is 8.42 Å². The second kappa shape index (κ2) is 17.0. The molecule has 1 unspecified atom stereocenters. The van der Waals surface area contributed by atoms with E-state index in [1.807, 2.05) is 0 Å². The zero-order chi connectivity index (χ0) is 31.1. The summed E-state index contributed by atoms with van der Waals surface area (Å²) in [5.74, 6) is -1.71. The van der Waals surface area contributed by atoms with Crippen molar-refractivity contribution in [1.29, 1.82) is 0 Å². The van der Waals surface area contributed by atoms with Crippen molar-refractivity contribution < 1.29 is 42.2 Å². The Morgan fingerprint density at radius 3 is 2.42 bits per heavy atom. The summed E-state index contributed by atoms with van der Waals surface area (Å²) in [4.78, 5) is 13.4. The summed E-state index contributed by atoms with van der Waals surface area (Å²) >= 11 is 0. The average molecular weight is 620 g/mol. The number of ether oxygens (including phenoxy) is 4. The fourth-order valence-corrected chi connectivity index (χ4v) is 5.03. The lowest BCUT2D eigenvalue weighted by molar-refractivity contribution is -0.385. The van der Waals surface area contributed by atoms with Gasteiger partial charge in [0, 0.05) is 38.0 Å². The molecule has 0 aromatic heterocycles. The molecule has 15 heteroatoms. The smallest absolute Gasteiger partial charge is 0.273 e. The lowest BCUT2D eigenvalue weighted by Gasteiger charge is -2.28. The van der Waals surface area contributed by atoms with Crippen LogP contribution in [0, 0.1) is 10.1 Å². The third kappa shape index (κ3) is 12.0. The molecule has 43 heavy (non-hydrogen) atoms. The highest BCUT2D eigenvalue weighted by Gasteiger charge is 2.30. The Kier molecular flexibility index (Phi) is 13.5. The third-order valence-electron chi connectivity index (χ3n) is 6.43. The molecule has 3 rings (SSSR count). The third-order valence-corrected chi connectivity index (χ3v) is 7.56. The summed E-state index contributed by atoms with van der Waals surface area (Å²) in [5, 5.41) is 30.7. The molecule has 2 aromatic carbocycles. The molecule has 0 radical (unpaired) electrons. The first-order valence-electron chi connectivity index (χ1n) is 13.9. The van der Waals surface area contributed by atoms with Gasteiger partial charge in [-0.2, -0.15) is 9.90 Å². The van der Waals surface area contributed by atoms with Crippen molar-refractivity contribution in [3.8, 4) is 0 Å². The first kappa shape index (κ1) is 34.1. The van der Waals surface area contributed by atoms with Gasteiger partial charge in [-0.15, -0.1) is 5.11 Å². The summed E-state index contributed by atoms with van der Waals surface area (Å²) in [7, 11) is -3.82. The van der Waals surface area contributed by atoms with E-state index in [-0.39, 0.29) is 42.3 Å². The molecule has 0 aliphatic carbocycles. The van der Waals surface area contributed by atoms with Crippen LogP contribution in [0.5, 0.6) is 0 Å². The number of nitro benzene ring substituents is 1. The predicted molar refractivity (Wildman–Crippen MR) is 156 cm³/mol. The lowest BCUT2D eigenvalue weighted by Crippen LogP contribution is -2.41. The van der Waals surface area contributed by atoms with Gasteiger partial charge in [0.2, 0.25) is 0 Å². The van der Waals surface area contributed by atoms with Crippen LogP contribution < -0.4 is 0 Å². The van der Waals surface area contributed by atoms with Crippen molar-refractivity contribution in [2.24, 2.45) is 10.2 Å². The normalized spacial score (nSPS) is 20.7. The lowest BCUT2D eigenvalue weighted by atomic mass is 10.0. The maximum Gasteiger partial charge on any atom is 0.273 e. The van der Waals surface area contributed by atoms with Crippen molar-refractivity contribution in [2.45, 2.75) is 49.2 Å². The van der Waals surface area contributed by atoms with E-state index in [2.05, 4.69) is 15.0 Å². The number of benzene rings is 2. The molecule has 14 nitrogen and oxygen atoms in total. The van der Waals surface area contributed by atoms with Crippen molar-refractivity contribution in [1.82, 2.24) is 0 Å². The Balaban J connectivity index is 1.75. The van der Waals surface area contributed by atoms with Gasteiger partial charge in [-0.3, -0.25) is 10.1 Å². The van der Waals surface area contributed by atoms with Crippen LogP contribution in [-0.4, -0.2) is 87.2 Å². The van der Waals surface area contributed by atoms with Crippen LogP contribution >= 0.6 is 0 Å². The first-order valence-corrected chi connectivity index (χ1v) is 15.8. The summed E-state index contributed by atoms with van der Waals surface area (Å²) < 4.78 is 47.1. The minimum atomic E-state index is -3.82. The molecule has 1 saturated heterocycles. The molecule has 1 aliphatic heterocycles. The highest BCUT2D eigenvalue weighted by molar-refractivity contribution is 7.90. The largest absolute Gasteiger partial charge is 0.379 e. The van der Waals surface area contributed by atoms with Crippen molar-refractivity contribution >= 4 is 32.6 Å². The zero-order valence-corrected chi connectivity index (χ0v) is 24.9. The van der Waals surface area contributed by atoms with Gasteiger partial charge in [-0.05, 0) is 43.0 Å². The molecule has 0 bridgehead atoms. The molecule has 234 valence electrons. The maximum absolute atomic E-state index is 12.2.